The number of hydrogen-bond acceptors (Lipinski definition) is 2. The molecule has 0 N–H and O–H groups in total. The van der Waals surface area contributed by atoms with Crippen LogP contribution >= 0.6 is 24.0 Å². The summed E-state index contributed by atoms with van der Waals surface area (Å²) in [6.45, 7) is 0.955. The molecule has 0 bridgehead atoms. The lowest BCUT2D eigenvalue weighted by Gasteiger charge is -2.36. The summed E-state index contributed by atoms with van der Waals surface area (Å²) < 4.78 is 1.95. The summed E-state index contributed by atoms with van der Waals surface area (Å²) in [6, 6.07) is 4.33. The lowest BCUT2D eigenvalue weighted by atomic mass is 9.70. The van der Waals surface area contributed by atoms with Gasteiger partial charge in [0.05, 0.1) is 0 Å². The minimum Gasteiger partial charge on any atom is -0.253 e. The predicted molar refractivity (Wildman–Crippen MR) is 86.2 cm³/mol. The Kier molecular flexibility index (Phi) is 4.23. The van der Waals surface area contributed by atoms with E-state index >= 15 is 0 Å². The first-order valence-electron chi connectivity index (χ1n) is 7.44. The van der Waals surface area contributed by atoms with E-state index in [2.05, 4.69) is 22.2 Å². The molecule has 0 aliphatic heterocycles. The van der Waals surface area contributed by atoms with Crippen LogP contribution in [0.3, 0.4) is 0 Å². The smallest absolute Gasteiger partial charge is 0.137 e. The standard InChI is InChI=1S/C16H18ClN3.ClH/c17-15-5-4-12-2-1-3-13-6-11(7-14(15)16(12)13)8-20-10-18-9-19-20;/h4-5,9-11,13H,1-3,6-8H2;1H/t11-,13+;/m0./s1. The average Bonchev–Trinajstić information content (AvgIpc) is 2.96. The second-order valence-corrected chi connectivity index (χ2v) is 6.52. The lowest BCUT2D eigenvalue weighted by molar-refractivity contribution is 0.322. The molecule has 0 saturated heterocycles. The predicted octanol–water partition coefficient (Wildman–Crippen LogP) is 4.04. The van der Waals surface area contributed by atoms with Gasteiger partial charge in [-0.3, -0.25) is 4.68 Å². The maximum Gasteiger partial charge on any atom is 0.137 e. The summed E-state index contributed by atoms with van der Waals surface area (Å²) in [5.74, 6) is 1.33. The highest BCUT2D eigenvalue weighted by Gasteiger charge is 2.32. The Balaban J connectivity index is 0.00000132. The van der Waals surface area contributed by atoms with Gasteiger partial charge < -0.3 is 0 Å². The molecule has 1 aromatic carbocycles. The van der Waals surface area contributed by atoms with E-state index in [9.17, 15) is 0 Å². The highest BCUT2D eigenvalue weighted by molar-refractivity contribution is 6.31. The van der Waals surface area contributed by atoms with E-state index in [1.807, 2.05) is 11.0 Å². The van der Waals surface area contributed by atoms with Gasteiger partial charge in [0.15, 0.2) is 0 Å². The van der Waals surface area contributed by atoms with Crippen molar-refractivity contribution in [3.05, 3.63) is 46.5 Å². The number of hydrogen-bond donors (Lipinski definition) is 0. The fourth-order valence-electron chi connectivity index (χ4n) is 4.04. The number of aryl methyl sites for hydroxylation is 1. The van der Waals surface area contributed by atoms with Crippen LogP contribution in [-0.4, -0.2) is 14.8 Å². The van der Waals surface area contributed by atoms with Gasteiger partial charge in [-0.2, -0.15) is 5.10 Å². The molecule has 1 heterocycles. The number of rotatable bonds is 2. The van der Waals surface area contributed by atoms with Gasteiger partial charge in [0.1, 0.15) is 12.7 Å². The van der Waals surface area contributed by atoms with Gasteiger partial charge in [0.2, 0.25) is 0 Å². The first-order chi connectivity index (χ1) is 9.81. The van der Waals surface area contributed by atoms with Crippen LogP contribution in [0.15, 0.2) is 24.8 Å². The Bertz CT molecular complexity index is 625. The van der Waals surface area contributed by atoms with Crippen LogP contribution in [0.1, 0.15) is 41.9 Å². The van der Waals surface area contributed by atoms with Gasteiger partial charge >= 0.3 is 0 Å². The van der Waals surface area contributed by atoms with E-state index in [1.54, 1.807) is 17.5 Å². The quantitative estimate of drug-likeness (QED) is 0.835. The van der Waals surface area contributed by atoms with Gasteiger partial charge in [-0.1, -0.05) is 17.7 Å². The van der Waals surface area contributed by atoms with Crippen molar-refractivity contribution in [2.75, 3.05) is 0 Å². The Labute approximate surface area is 136 Å². The summed E-state index contributed by atoms with van der Waals surface area (Å²) in [6.07, 6.45) is 9.63. The topological polar surface area (TPSA) is 30.7 Å². The number of nitrogens with zero attached hydrogens (tertiary/aromatic N) is 3. The van der Waals surface area contributed by atoms with Crippen LogP contribution in [0.25, 0.3) is 0 Å². The maximum absolute atomic E-state index is 6.47. The molecule has 0 amide bonds. The highest BCUT2D eigenvalue weighted by Crippen LogP contribution is 2.45. The van der Waals surface area contributed by atoms with E-state index < -0.39 is 0 Å². The van der Waals surface area contributed by atoms with Gasteiger partial charge in [-0.25, -0.2) is 4.98 Å². The summed E-state index contributed by atoms with van der Waals surface area (Å²) in [5, 5.41) is 5.20. The minimum atomic E-state index is 0. The van der Waals surface area contributed by atoms with Crippen molar-refractivity contribution in [1.82, 2.24) is 14.8 Å². The second-order valence-electron chi connectivity index (χ2n) is 6.11. The molecule has 1 aromatic heterocycles. The number of aromatic nitrogens is 3. The van der Waals surface area contributed by atoms with Crippen LogP contribution < -0.4 is 0 Å². The van der Waals surface area contributed by atoms with Crippen molar-refractivity contribution in [2.24, 2.45) is 5.92 Å². The minimum absolute atomic E-state index is 0. The molecule has 0 fully saturated rings. The third-order valence-electron chi connectivity index (χ3n) is 4.82. The van der Waals surface area contributed by atoms with Crippen molar-refractivity contribution in [2.45, 2.75) is 44.6 Å². The third-order valence-corrected chi connectivity index (χ3v) is 5.17. The molecule has 21 heavy (non-hydrogen) atoms. The molecule has 3 nitrogen and oxygen atoms in total. The first kappa shape index (κ1) is 14.9. The Morgan fingerprint density at radius 1 is 1.33 bits per heavy atom. The fraction of sp³-hybridized carbons (Fsp3) is 0.500. The molecular weight excluding hydrogens is 305 g/mol. The monoisotopic (exact) mass is 323 g/mol. The number of benzene rings is 1. The Hall–Kier alpha value is -1.06. The Morgan fingerprint density at radius 3 is 3.05 bits per heavy atom. The van der Waals surface area contributed by atoms with E-state index in [1.165, 1.54) is 31.2 Å². The van der Waals surface area contributed by atoms with Crippen molar-refractivity contribution in [3.8, 4) is 0 Å². The van der Waals surface area contributed by atoms with Crippen LogP contribution in [0.4, 0.5) is 0 Å². The summed E-state index contributed by atoms with van der Waals surface area (Å²) in [4.78, 5) is 4.04. The van der Waals surface area contributed by atoms with Crippen molar-refractivity contribution >= 4 is 24.0 Å². The van der Waals surface area contributed by atoms with Crippen LogP contribution in [0, 0.1) is 5.92 Å². The van der Waals surface area contributed by atoms with Gasteiger partial charge in [0, 0.05) is 11.6 Å². The summed E-state index contributed by atoms with van der Waals surface area (Å²) >= 11 is 6.47. The van der Waals surface area contributed by atoms with Crippen molar-refractivity contribution in [3.63, 3.8) is 0 Å². The largest absolute Gasteiger partial charge is 0.253 e. The van der Waals surface area contributed by atoms with E-state index in [-0.39, 0.29) is 12.4 Å². The van der Waals surface area contributed by atoms with Gasteiger partial charge in [0.25, 0.3) is 0 Å². The zero-order valence-corrected chi connectivity index (χ0v) is 13.4. The molecule has 2 aliphatic carbocycles. The van der Waals surface area contributed by atoms with E-state index in [0.717, 1.165) is 18.0 Å². The fourth-order valence-corrected chi connectivity index (χ4v) is 4.29. The molecule has 0 radical (unpaired) electrons. The average molecular weight is 324 g/mol. The first-order valence-corrected chi connectivity index (χ1v) is 7.81. The second kappa shape index (κ2) is 5.98. The number of halogens is 2. The molecule has 2 aromatic rings. The molecule has 0 unspecified atom stereocenters. The SMILES string of the molecule is Cl.Clc1ccc2c3c1C[C@@H](Cn1cncn1)C[C@H]3CCC2. The molecular formula is C16H19Cl2N3. The zero-order valence-electron chi connectivity index (χ0n) is 11.8. The maximum atomic E-state index is 6.47. The highest BCUT2D eigenvalue weighted by atomic mass is 35.5. The lowest BCUT2D eigenvalue weighted by Crippen LogP contribution is -2.26. The van der Waals surface area contributed by atoms with Crippen molar-refractivity contribution < 1.29 is 0 Å². The van der Waals surface area contributed by atoms with E-state index in [0.29, 0.717) is 11.8 Å². The van der Waals surface area contributed by atoms with Crippen LogP contribution in [-0.2, 0) is 19.4 Å². The molecule has 0 saturated carbocycles. The zero-order chi connectivity index (χ0) is 13.5. The molecule has 4 rings (SSSR count). The Morgan fingerprint density at radius 2 is 2.24 bits per heavy atom. The molecule has 5 heteroatoms. The molecule has 2 atom stereocenters. The molecule has 2 aliphatic rings. The van der Waals surface area contributed by atoms with Gasteiger partial charge in [-0.05, 0) is 66.7 Å². The van der Waals surface area contributed by atoms with Gasteiger partial charge in [-0.15, -0.1) is 12.4 Å². The molecule has 112 valence electrons. The van der Waals surface area contributed by atoms with Crippen LogP contribution in [0.2, 0.25) is 5.02 Å². The summed E-state index contributed by atoms with van der Waals surface area (Å²) in [7, 11) is 0. The molecule has 0 spiro atoms. The third kappa shape index (κ3) is 2.69. The summed E-state index contributed by atoms with van der Waals surface area (Å²) in [5.41, 5.74) is 4.53. The van der Waals surface area contributed by atoms with Crippen molar-refractivity contribution in [1.29, 1.82) is 0 Å². The van der Waals surface area contributed by atoms with Crippen LogP contribution in [0.5, 0.6) is 0 Å². The van der Waals surface area contributed by atoms with E-state index in [4.69, 9.17) is 11.6 Å². The normalized spacial score (nSPS) is 23.3.